The van der Waals surface area contributed by atoms with Crippen LogP contribution < -0.4 is 5.56 Å². The van der Waals surface area contributed by atoms with Crippen molar-refractivity contribution in [1.29, 1.82) is 0 Å². The van der Waals surface area contributed by atoms with Crippen LogP contribution in [-0.4, -0.2) is 39.4 Å². The molecule has 0 saturated carbocycles. The maximum atomic E-state index is 13.1. The van der Waals surface area contributed by atoms with Gasteiger partial charge in [0.25, 0.3) is 5.56 Å². The molecule has 0 saturated heterocycles. The molecule has 0 aliphatic carbocycles. The van der Waals surface area contributed by atoms with E-state index in [1.807, 2.05) is 0 Å². The van der Waals surface area contributed by atoms with Gasteiger partial charge < -0.3 is 10.2 Å². The van der Waals surface area contributed by atoms with Crippen molar-refractivity contribution in [2.75, 3.05) is 0 Å². The van der Waals surface area contributed by atoms with Crippen LogP contribution in [0.2, 0.25) is 0 Å². The summed E-state index contributed by atoms with van der Waals surface area (Å²) in [6.07, 6.45) is -11.6. The number of alkyl halides is 7. The summed E-state index contributed by atoms with van der Waals surface area (Å²) in [7, 11) is 0. The number of nitrogens with one attached hydrogen (secondary N) is 2. The van der Waals surface area contributed by atoms with E-state index in [-0.39, 0.29) is 11.3 Å². The summed E-state index contributed by atoms with van der Waals surface area (Å²) in [5.74, 6) is -11.8. The highest BCUT2D eigenvalue weighted by molar-refractivity contribution is 5.16. The number of aromatic amines is 2. The van der Waals surface area contributed by atoms with Gasteiger partial charge in [0.05, 0.1) is 6.10 Å². The van der Waals surface area contributed by atoms with Crippen LogP contribution in [-0.2, 0) is 6.42 Å². The third kappa shape index (κ3) is 3.39. The first-order valence-electron chi connectivity index (χ1n) is 5.56. The minimum Gasteiger partial charge on any atom is -0.393 e. The van der Waals surface area contributed by atoms with Gasteiger partial charge >= 0.3 is 18.0 Å². The first-order chi connectivity index (χ1) is 9.29. The molecule has 0 radical (unpaired) electrons. The van der Waals surface area contributed by atoms with Crippen LogP contribution in [0.4, 0.5) is 30.7 Å². The maximum Gasteiger partial charge on any atom is 0.459 e. The van der Waals surface area contributed by atoms with Gasteiger partial charge in [0.1, 0.15) is 0 Å². The van der Waals surface area contributed by atoms with Crippen LogP contribution in [0.3, 0.4) is 0 Å². The van der Waals surface area contributed by atoms with Gasteiger partial charge in [-0.2, -0.15) is 30.7 Å². The zero-order valence-electron chi connectivity index (χ0n) is 10.5. The highest BCUT2D eigenvalue weighted by atomic mass is 19.4. The van der Waals surface area contributed by atoms with Crippen LogP contribution >= 0.6 is 0 Å². The topological polar surface area (TPSA) is 68.9 Å². The molecule has 1 aromatic heterocycles. The summed E-state index contributed by atoms with van der Waals surface area (Å²) in [5.41, 5.74) is -0.823. The van der Waals surface area contributed by atoms with E-state index in [0.29, 0.717) is 0 Å². The molecule has 1 rings (SSSR count). The monoisotopic (exact) mass is 324 g/mol. The smallest absolute Gasteiger partial charge is 0.393 e. The van der Waals surface area contributed by atoms with E-state index in [1.54, 1.807) is 0 Å². The molecule has 1 heterocycles. The van der Waals surface area contributed by atoms with Crippen molar-refractivity contribution in [2.45, 2.75) is 43.9 Å². The number of aliphatic hydroxyl groups excluding tert-OH is 1. The van der Waals surface area contributed by atoms with Crippen molar-refractivity contribution in [3.05, 3.63) is 21.6 Å². The molecule has 0 aliphatic rings. The summed E-state index contributed by atoms with van der Waals surface area (Å²) in [6.45, 7) is 1.34. The van der Waals surface area contributed by atoms with Gasteiger partial charge in [-0.05, 0) is 6.92 Å². The molecule has 4 nitrogen and oxygen atoms in total. The third-order valence-electron chi connectivity index (χ3n) is 2.84. The summed E-state index contributed by atoms with van der Waals surface area (Å²) in [6, 6.07) is 0. The lowest BCUT2D eigenvalue weighted by Crippen LogP contribution is -2.53. The molecule has 3 N–H and O–H groups in total. The van der Waals surface area contributed by atoms with E-state index in [1.165, 1.54) is 6.92 Å². The number of hydrogen-bond acceptors (Lipinski definition) is 2. The van der Waals surface area contributed by atoms with Crippen LogP contribution in [0.1, 0.15) is 17.7 Å². The molecule has 0 amide bonds. The van der Waals surface area contributed by atoms with Gasteiger partial charge in [0, 0.05) is 24.1 Å². The van der Waals surface area contributed by atoms with Crippen molar-refractivity contribution in [2.24, 2.45) is 0 Å². The van der Waals surface area contributed by atoms with Gasteiger partial charge in [-0.25, -0.2) is 0 Å². The third-order valence-corrected chi connectivity index (χ3v) is 2.84. The normalized spacial score (nSPS) is 15.3. The Kier molecular flexibility index (Phi) is 4.47. The van der Waals surface area contributed by atoms with E-state index in [9.17, 15) is 40.6 Å². The minimum atomic E-state index is -6.45. The second kappa shape index (κ2) is 5.35. The number of halogens is 7. The van der Waals surface area contributed by atoms with Gasteiger partial charge in [-0.3, -0.25) is 9.89 Å². The lowest BCUT2D eigenvalue weighted by molar-refractivity contribution is -0.358. The van der Waals surface area contributed by atoms with Gasteiger partial charge in [-0.1, -0.05) is 0 Å². The zero-order chi connectivity index (χ0) is 16.6. The lowest BCUT2D eigenvalue weighted by atomic mass is 9.99. The Hall–Kier alpha value is -1.52. The Labute approximate surface area is 112 Å². The van der Waals surface area contributed by atoms with Crippen molar-refractivity contribution in [3.63, 3.8) is 0 Å². The Morgan fingerprint density at radius 1 is 1.10 bits per heavy atom. The molecular weight excluding hydrogens is 313 g/mol. The standard InChI is InChI=1S/C10H11F7N2O2/c1-4-6(7(21)19-18-4)2-5(20)3-8(11,12)9(13,14)10(15,16)17/h5,20H,2-3H2,1H3,(H2,18,19,21). The number of aliphatic hydroxyl groups is 1. The SMILES string of the molecule is Cc1[nH][nH]c(=O)c1CC(O)CC(F)(F)C(F)(F)C(F)(F)F. The van der Waals surface area contributed by atoms with Crippen LogP contribution in [0.15, 0.2) is 4.79 Å². The van der Waals surface area contributed by atoms with Crippen molar-refractivity contribution in [3.8, 4) is 0 Å². The van der Waals surface area contributed by atoms with Crippen LogP contribution in [0, 0.1) is 6.92 Å². The van der Waals surface area contributed by atoms with Crippen molar-refractivity contribution < 1.29 is 35.8 Å². The van der Waals surface area contributed by atoms with Gasteiger partial charge in [-0.15, -0.1) is 0 Å². The fourth-order valence-corrected chi connectivity index (χ4v) is 1.66. The number of aromatic nitrogens is 2. The number of H-pyrrole nitrogens is 2. The molecule has 1 unspecified atom stereocenters. The predicted octanol–water partition coefficient (Wildman–Crippen LogP) is 2.14. The first kappa shape index (κ1) is 17.5. The fourth-order valence-electron chi connectivity index (χ4n) is 1.66. The number of aryl methyl sites for hydroxylation is 1. The molecule has 122 valence electrons. The Bertz CT molecular complexity index is 546. The van der Waals surface area contributed by atoms with E-state index in [2.05, 4.69) is 10.2 Å². The summed E-state index contributed by atoms with van der Waals surface area (Å²) in [4.78, 5) is 11.2. The van der Waals surface area contributed by atoms with E-state index < -0.39 is 42.5 Å². The second-order valence-electron chi connectivity index (χ2n) is 4.52. The van der Waals surface area contributed by atoms with Gasteiger partial charge in [0.15, 0.2) is 0 Å². The number of hydrogen-bond donors (Lipinski definition) is 3. The Balaban J connectivity index is 2.87. The quantitative estimate of drug-likeness (QED) is 0.727. The molecule has 1 atom stereocenters. The largest absolute Gasteiger partial charge is 0.459 e. The average Bonchev–Trinajstić information content (AvgIpc) is 2.58. The van der Waals surface area contributed by atoms with Crippen LogP contribution in [0.25, 0.3) is 0 Å². The van der Waals surface area contributed by atoms with Gasteiger partial charge in [0.2, 0.25) is 0 Å². The molecule has 21 heavy (non-hydrogen) atoms. The lowest BCUT2D eigenvalue weighted by Gasteiger charge is -2.29. The molecular formula is C10H11F7N2O2. The zero-order valence-corrected chi connectivity index (χ0v) is 10.5. The van der Waals surface area contributed by atoms with Crippen molar-refractivity contribution >= 4 is 0 Å². The van der Waals surface area contributed by atoms with E-state index in [0.717, 1.165) is 0 Å². The molecule has 0 fully saturated rings. The molecule has 11 heteroatoms. The van der Waals surface area contributed by atoms with E-state index in [4.69, 9.17) is 0 Å². The minimum absolute atomic E-state index is 0.157. The second-order valence-corrected chi connectivity index (χ2v) is 4.52. The predicted molar refractivity (Wildman–Crippen MR) is 56.4 cm³/mol. The molecule has 0 aliphatic heterocycles. The molecule has 0 aromatic carbocycles. The molecule has 0 spiro atoms. The Morgan fingerprint density at radius 3 is 2.00 bits per heavy atom. The number of rotatable bonds is 5. The summed E-state index contributed by atoms with van der Waals surface area (Å²) in [5, 5.41) is 13.6. The molecule has 0 bridgehead atoms. The fraction of sp³-hybridized carbons (Fsp3) is 0.700. The maximum absolute atomic E-state index is 13.1. The first-order valence-corrected chi connectivity index (χ1v) is 5.56. The molecule has 1 aromatic rings. The Morgan fingerprint density at radius 2 is 1.62 bits per heavy atom. The summed E-state index contributed by atoms with van der Waals surface area (Å²) < 4.78 is 87.1. The van der Waals surface area contributed by atoms with E-state index >= 15 is 0 Å². The highest BCUT2D eigenvalue weighted by Gasteiger charge is 2.72. The highest BCUT2D eigenvalue weighted by Crippen LogP contribution is 2.48. The average molecular weight is 324 g/mol. The van der Waals surface area contributed by atoms with Crippen molar-refractivity contribution in [1.82, 2.24) is 10.2 Å². The van der Waals surface area contributed by atoms with Crippen LogP contribution in [0.5, 0.6) is 0 Å². The summed E-state index contributed by atoms with van der Waals surface area (Å²) >= 11 is 0.